The number of hydrogen-bond acceptors (Lipinski definition) is 3. The molecular weight excluding hydrogens is 210 g/mol. The summed E-state index contributed by atoms with van der Waals surface area (Å²) in [6, 6.07) is 7.11. The molecule has 0 radical (unpaired) electrons. The molecule has 0 bridgehead atoms. The second kappa shape index (κ2) is 4.31. The third-order valence-corrected chi connectivity index (χ3v) is 4.20. The molecule has 17 heavy (non-hydrogen) atoms. The van der Waals surface area contributed by atoms with Crippen LogP contribution < -0.4 is 5.73 Å². The monoisotopic (exact) mass is 231 g/mol. The van der Waals surface area contributed by atoms with E-state index in [1.165, 1.54) is 50.1 Å². The molecule has 2 aliphatic rings. The lowest BCUT2D eigenvalue weighted by Gasteiger charge is -2.36. The van der Waals surface area contributed by atoms with Crippen LogP contribution in [0.3, 0.4) is 0 Å². The van der Waals surface area contributed by atoms with E-state index in [1.54, 1.807) is 0 Å². The molecule has 3 nitrogen and oxygen atoms in total. The Bertz CT molecular complexity index is 408. The van der Waals surface area contributed by atoms with Crippen molar-refractivity contribution >= 4 is 5.69 Å². The molecule has 1 heterocycles. The zero-order valence-corrected chi connectivity index (χ0v) is 10.5. The van der Waals surface area contributed by atoms with Crippen LogP contribution in [0.25, 0.3) is 0 Å². The number of piperazine rings is 1. The van der Waals surface area contributed by atoms with Crippen LogP contribution in [0.15, 0.2) is 18.2 Å². The van der Waals surface area contributed by atoms with Crippen molar-refractivity contribution in [3.63, 3.8) is 0 Å². The lowest BCUT2D eigenvalue weighted by Crippen LogP contribution is -2.49. The van der Waals surface area contributed by atoms with Gasteiger partial charge in [-0.15, -0.1) is 0 Å². The van der Waals surface area contributed by atoms with Crippen LogP contribution in [0.5, 0.6) is 0 Å². The van der Waals surface area contributed by atoms with Gasteiger partial charge in [0.15, 0.2) is 0 Å². The Kier molecular flexibility index (Phi) is 2.81. The molecule has 2 N–H and O–H groups in total. The standard InChI is InChI=1S/C14H21N3/c1-16-4-6-17(7-5-16)14-9-11-2-3-13(15)8-12(11)10-14/h2-3,8,14H,4-7,9-10,15H2,1H3. The van der Waals surface area contributed by atoms with Crippen molar-refractivity contribution in [1.82, 2.24) is 9.80 Å². The van der Waals surface area contributed by atoms with E-state index < -0.39 is 0 Å². The maximum Gasteiger partial charge on any atom is 0.0316 e. The number of rotatable bonds is 1. The van der Waals surface area contributed by atoms with Crippen molar-refractivity contribution in [2.24, 2.45) is 0 Å². The minimum atomic E-state index is 0.709. The summed E-state index contributed by atoms with van der Waals surface area (Å²) >= 11 is 0. The first-order valence-electron chi connectivity index (χ1n) is 6.52. The molecule has 0 amide bonds. The third kappa shape index (κ3) is 2.17. The highest BCUT2D eigenvalue weighted by atomic mass is 15.3. The smallest absolute Gasteiger partial charge is 0.0316 e. The number of nitrogens with zero attached hydrogens (tertiary/aromatic N) is 2. The molecule has 1 saturated heterocycles. The summed E-state index contributed by atoms with van der Waals surface area (Å²) in [5, 5.41) is 0. The molecule has 1 fully saturated rings. The summed E-state index contributed by atoms with van der Waals surface area (Å²) in [5.74, 6) is 0. The molecule has 0 aromatic heterocycles. The molecule has 92 valence electrons. The number of anilines is 1. The van der Waals surface area contributed by atoms with Crippen LogP contribution in [-0.2, 0) is 12.8 Å². The average Bonchev–Trinajstić information content (AvgIpc) is 2.72. The number of hydrogen-bond donors (Lipinski definition) is 1. The van der Waals surface area contributed by atoms with Gasteiger partial charge >= 0.3 is 0 Å². The van der Waals surface area contributed by atoms with E-state index in [4.69, 9.17) is 5.73 Å². The Morgan fingerprint density at radius 2 is 1.76 bits per heavy atom. The molecule has 3 rings (SSSR count). The Hall–Kier alpha value is -1.06. The molecule has 3 heteroatoms. The number of nitrogens with two attached hydrogens (primary N) is 1. The quantitative estimate of drug-likeness (QED) is 0.731. The summed E-state index contributed by atoms with van der Waals surface area (Å²) in [4.78, 5) is 5.06. The molecule has 0 saturated carbocycles. The maximum atomic E-state index is 5.85. The molecule has 1 atom stereocenters. The first-order chi connectivity index (χ1) is 8.22. The highest BCUT2D eigenvalue weighted by Crippen LogP contribution is 2.27. The van der Waals surface area contributed by atoms with Crippen molar-refractivity contribution in [3.05, 3.63) is 29.3 Å². The summed E-state index contributed by atoms with van der Waals surface area (Å²) in [7, 11) is 2.21. The Balaban J connectivity index is 1.69. The van der Waals surface area contributed by atoms with Gasteiger partial charge in [-0.05, 0) is 43.1 Å². The Labute approximate surface area is 103 Å². The first kappa shape index (κ1) is 11.1. The molecule has 0 spiro atoms. The predicted molar refractivity (Wildman–Crippen MR) is 71.1 cm³/mol. The van der Waals surface area contributed by atoms with E-state index in [9.17, 15) is 0 Å². The van der Waals surface area contributed by atoms with Gasteiger partial charge in [0.25, 0.3) is 0 Å². The molecule has 1 aliphatic heterocycles. The zero-order valence-electron chi connectivity index (χ0n) is 10.5. The molecule has 1 unspecified atom stereocenters. The highest BCUT2D eigenvalue weighted by Gasteiger charge is 2.28. The SMILES string of the molecule is CN1CCN(C2Cc3ccc(N)cc3C2)CC1. The second-order valence-corrected chi connectivity index (χ2v) is 5.43. The number of benzene rings is 1. The van der Waals surface area contributed by atoms with Gasteiger partial charge in [0.1, 0.15) is 0 Å². The number of nitrogen functional groups attached to an aromatic ring is 1. The van der Waals surface area contributed by atoms with E-state index in [-0.39, 0.29) is 0 Å². The van der Waals surface area contributed by atoms with Crippen molar-refractivity contribution in [3.8, 4) is 0 Å². The van der Waals surface area contributed by atoms with Gasteiger partial charge in [0.2, 0.25) is 0 Å². The molecule has 1 aliphatic carbocycles. The lowest BCUT2D eigenvalue weighted by atomic mass is 10.1. The maximum absolute atomic E-state index is 5.85. The van der Waals surface area contributed by atoms with E-state index in [0.717, 1.165) is 5.69 Å². The van der Waals surface area contributed by atoms with Gasteiger partial charge in [-0.2, -0.15) is 0 Å². The van der Waals surface area contributed by atoms with Crippen LogP contribution >= 0.6 is 0 Å². The van der Waals surface area contributed by atoms with Gasteiger partial charge < -0.3 is 10.6 Å². The summed E-state index contributed by atoms with van der Waals surface area (Å²) in [6.45, 7) is 4.83. The Morgan fingerprint density at radius 1 is 1.06 bits per heavy atom. The highest BCUT2D eigenvalue weighted by molar-refractivity contribution is 5.47. The minimum absolute atomic E-state index is 0.709. The summed E-state index contributed by atoms with van der Waals surface area (Å²) < 4.78 is 0. The number of likely N-dealkylation sites (N-methyl/N-ethyl adjacent to an activating group) is 1. The van der Waals surface area contributed by atoms with Gasteiger partial charge in [-0.25, -0.2) is 0 Å². The Morgan fingerprint density at radius 3 is 2.53 bits per heavy atom. The van der Waals surface area contributed by atoms with Crippen molar-refractivity contribution in [2.75, 3.05) is 39.0 Å². The lowest BCUT2D eigenvalue weighted by molar-refractivity contribution is 0.115. The fourth-order valence-corrected chi connectivity index (χ4v) is 3.06. The van der Waals surface area contributed by atoms with Crippen LogP contribution in [0.1, 0.15) is 11.1 Å². The van der Waals surface area contributed by atoms with Crippen molar-refractivity contribution < 1.29 is 0 Å². The molecule has 1 aromatic carbocycles. The van der Waals surface area contributed by atoms with Gasteiger partial charge in [0.05, 0.1) is 0 Å². The van der Waals surface area contributed by atoms with Crippen LogP contribution in [0, 0.1) is 0 Å². The second-order valence-electron chi connectivity index (χ2n) is 5.43. The van der Waals surface area contributed by atoms with Crippen LogP contribution in [-0.4, -0.2) is 49.1 Å². The fourth-order valence-electron chi connectivity index (χ4n) is 3.06. The fraction of sp³-hybridized carbons (Fsp3) is 0.571. The molecular formula is C14H21N3. The number of fused-ring (bicyclic) bond motifs is 1. The van der Waals surface area contributed by atoms with Gasteiger partial charge in [-0.3, -0.25) is 4.90 Å². The van der Waals surface area contributed by atoms with E-state index in [2.05, 4.69) is 29.0 Å². The first-order valence-corrected chi connectivity index (χ1v) is 6.52. The zero-order chi connectivity index (χ0) is 11.8. The van der Waals surface area contributed by atoms with Gasteiger partial charge in [0, 0.05) is 37.9 Å². The third-order valence-electron chi connectivity index (χ3n) is 4.20. The van der Waals surface area contributed by atoms with Gasteiger partial charge in [-0.1, -0.05) is 6.07 Å². The molecule has 1 aromatic rings. The van der Waals surface area contributed by atoms with Crippen LogP contribution in [0.4, 0.5) is 5.69 Å². The average molecular weight is 231 g/mol. The van der Waals surface area contributed by atoms with Crippen molar-refractivity contribution in [1.29, 1.82) is 0 Å². The minimum Gasteiger partial charge on any atom is -0.399 e. The summed E-state index contributed by atoms with van der Waals surface area (Å²) in [5.41, 5.74) is 9.73. The normalized spacial score (nSPS) is 26.1. The van der Waals surface area contributed by atoms with E-state index >= 15 is 0 Å². The largest absolute Gasteiger partial charge is 0.399 e. The van der Waals surface area contributed by atoms with E-state index in [1.807, 2.05) is 6.07 Å². The predicted octanol–water partition coefficient (Wildman–Crippen LogP) is 0.983. The van der Waals surface area contributed by atoms with Crippen molar-refractivity contribution in [2.45, 2.75) is 18.9 Å². The van der Waals surface area contributed by atoms with E-state index in [0.29, 0.717) is 6.04 Å². The topological polar surface area (TPSA) is 32.5 Å². The summed E-state index contributed by atoms with van der Waals surface area (Å²) in [6.07, 6.45) is 2.39. The van der Waals surface area contributed by atoms with Crippen LogP contribution in [0.2, 0.25) is 0 Å².